The maximum atomic E-state index is 11.1. The van der Waals surface area contributed by atoms with Gasteiger partial charge < -0.3 is 9.47 Å². The molecule has 0 spiro atoms. The molecule has 0 amide bonds. The van der Waals surface area contributed by atoms with Gasteiger partial charge in [0, 0.05) is 11.8 Å². The summed E-state index contributed by atoms with van der Waals surface area (Å²) in [5.41, 5.74) is 0.691. The SMILES string of the molecule is CC(=O)S[C@@H](C[N+](=O)[O-])c1ccc2c(c1)OCO2. The van der Waals surface area contributed by atoms with Gasteiger partial charge in [-0.05, 0) is 17.7 Å². The normalized spacial score (nSPS) is 14.3. The maximum absolute atomic E-state index is 11.1. The number of nitro groups is 1. The number of carbonyl (C=O) groups excluding carboxylic acids is 1. The van der Waals surface area contributed by atoms with Gasteiger partial charge in [-0.15, -0.1) is 0 Å². The summed E-state index contributed by atoms with van der Waals surface area (Å²) in [6.07, 6.45) is 0. The molecule has 0 unspecified atom stereocenters. The van der Waals surface area contributed by atoms with Crippen molar-refractivity contribution in [3.05, 3.63) is 33.9 Å². The Morgan fingerprint density at radius 2 is 2.22 bits per heavy atom. The quantitative estimate of drug-likeness (QED) is 0.614. The topological polar surface area (TPSA) is 78.7 Å². The molecule has 0 N–H and O–H groups in total. The van der Waals surface area contributed by atoms with Gasteiger partial charge in [-0.1, -0.05) is 17.8 Å². The molecular formula is C11H11NO5S. The lowest BCUT2D eigenvalue weighted by Gasteiger charge is -2.11. The molecule has 1 aromatic carbocycles. The van der Waals surface area contributed by atoms with Crippen LogP contribution in [0.1, 0.15) is 17.7 Å². The third-order valence-electron chi connectivity index (χ3n) is 2.39. The van der Waals surface area contributed by atoms with E-state index < -0.39 is 10.2 Å². The minimum Gasteiger partial charge on any atom is -0.454 e. The van der Waals surface area contributed by atoms with Gasteiger partial charge in [0.1, 0.15) is 5.25 Å². The standard InChI is InChI=1S/C11H11NO5S/c1-7(13)18-11(5-12(14)15)8-2-3-9-10(4-8)17-6-16-9/h2-4,11H,5-6H2,1H3/t11-/m0/s1. The zero-order chi connectivity index (χ0) is 13.1. The Bertz CT molecular complexity index is 474. The monoisotopic (exact) mass is 269 g/mol. The summed E-state index contributed by atoms with van der Waals surface area (Å²) in [6.45, 7) is 1.24. The third-order valence-corrected chi connectivity index (χ3v) is 3.43. The number of thioether (sulfide) groups is 1. The van der Waals surface area contributed by atoms with E-state index in [2.05, 4.69) is 0 Å². The molecule has 1 aliphatic heterocycles. The fourth-order valence-electron chi connectivity index (χ4n) is 1.66. The highest BCUT2D eigenvalue weighted by Crippen LogP contribution is 2.38. The largest absolute Gasteiger partial charge is 0.454 e. The molecule has 0 saturated carbocycles. The average Bonchev–Trinajstić information content (AvgIpc) is 2.73. The Labute approximate surface area is 107 Å². The van der Waals surface area contributed by atoms with Gasteiger partial charge in [0.25, 0.3) is 0 Å². The van der Waals surface area contributed by atoms with Crippen LogP contribution in [0.4, 0.5) is 0 Å². The number of fused-ring (bicyclic) bond motifs is 1. The van der Waals surface area contributed by atoms with Crippen LogP contribution in [0.3, 0.4) is 0 Å². The van der Waals surface area contributed by atoms with Crippen molar-refractivity contribution in [2.24, 2.45) is 0 Å². The number of carbonyl (C=O) groups is 1. The highest BCUT2D eigenvalue weighted by molar-refractivity contribution is 8.13. The van der Waals surface area contributed by atoms with Gasteiger partial charge in [-0.3, -0.25) is 14.9 Å². The Hall–Kier alpha value is -1.76. The molecule has 1 atom stereocenters. The average molecular weight is 269 g/mol. The summed E-state index contributed by atoms with van der Waals surface area (Å²) < 4.78 is 10.4. The second kappa shape index (κ2) is 5.26. The zero-order valence-electron chi connectivity index (χ0n) is 9.62. The van der Waals surface area contributed by atoms with Crippen molar-refractivity contribution in [1.82, 2.24) is 0 Å². The zero-order valence-corrected chi connectivity index (χ0v) is 10.4. The van der Waals surface area contributed by atoms with Crippen molar-refractivity contribution in [2.75, 3.05) is 13.3 Å². The van der Waals surface area contributed by atoms with Crippen LogP contribution in [0.2, 0.25) is 0 Å². The van der Waals surface area contributed by atoms with Crippen LogP contribution in [0, 0.1) is 10.1 Å². The molecule has 18 heavy (non-hydrogen) atoms. The molecule has 6 nitrogen and oxygen atoms in total. The lowest BCUT2D eigenvalue weighted by molar-refractivity contribution is -0.479. The summed E-state index contributed by atoms with van der Waals surface area (Å²) in [6, 6.07) is 5.11. The van der Waals surface area contributed by atoms with Crippen molar-refractivity contribution in [3.8, 4) is 11.5 Å². The van der Waals surface area contributed by atoms with Gasteiger partial charge in [-0.25, -0.2) is 0 Å². The molecule has 0 aromatic heterocycles. The van der Waals surface area contributed by atoms with E-state index in [-0.39, 0.29) is 18.5 Å². The Morgan fingerprint density at radius 3 is 2.89 bits per heavy atom. The van der Waals surface area contributed by atoms with Crippen molar-refractivity contribution < 1.29 is 19.2 Å². The minimum atomic E-state index is -0.507. The van der Waals surface area contributed by atoms with E-state index >= 15 is 0 Å². The van der Waals surface area contributed by atoms with Gasteiger partial charge >= 0.3 is 0 Å². The first kappa shape index (κ1) is 12.7. The van der Waals surface area contributed by atoms with Crippen LogP contribution in [0.15, 0.2) is 18.2 Å². The minimum absolute atomic E-state index is 0.151. The Kier molecular flexibility index (Phi) is 3.71. The van der Waals surface area contributed by atoms with Crippen molar-refractivity contribution in [1.29, 1.82) is 0 Å². The maximum Gasteiger partial charge on any atom is 0.231 e. The molecule has 1 aliphatic rings. The number of rotatable bonds is 4. The smallest absolute Gasteiger partial charge is 0.231 e. The number of hydrogen-bond acceptors (Lipinski definition) is 6. The van der Waals surface area contributed by atoms with Gasteiger partial charge in [-0.2, -0.15) is 0 Å². The molecular weight excluding hydrogens is 258 g/mol. The van der Waals surface area contributed by atoms with Crippen molar-refractivity contribution in [2.45, 2.75) is 12.2 Å². The van der Waals surface area contributed by atoms with Crippen molar-refractivity contribution >= 4 is 16.9 Å². The first-order chi connectivity index (χ1) is 8.56. The number of benzene rings is 1. The predicted octanol–water partition coefficient (Wildman–Crippen LogP) is 2.01. The van der Waals surface area contributed by atoms with Crippen molar-refractivity contribution in [3.63, 3.8) is 0 Å². The van der Waals surface area contributed by atoms with Gasteiger partial charge in [0.15, 0.2) is 16.6 Å². The van der Waals surface area contributed by atoms with Crippen LogP contribution < -0.4 is 9.47 Å². The predicted molar refractivity (Wildman–Crippen MR) is 65.4 cm³/mol. The van der Waals surface area contributed by atoms with Crippen LogP contribution in [0.5, 0.6) is 11.5 Å². The molecule has 0 fully saturated rings. The van der Waals surface area contributed by atoms with Crippen LogP contribution in [-0.2, 0) is 4.79 Å². The molecule has 7 heteroatoms. The van der Waals surface area contributed by atoms with Crippen LogP contribution in [0.25, 0.3) is 0 Å². The number of ether oxygens (including phenoxy) is 2. The van der Waals surface area contributed by atoms with E-state index in [1.165, 1.54) is 6.92 Å². The number of nitrogens with zero attached hydrogens (tertiary/aromatic N) is 1. The van der Waals surface area contributed by atoms with E-state index in [1.807, 2.05) is 0 Å². The highest BCUT2D eigenvalue weighted by Gasteiger charge is 2.23. The third kappa shape index (κ3) is 2.92. The lowest BCUT2D eigenvalue weighted by Crippen LogP contribution is -2.11. The number of hydrogen-bond donors (Lipinski definition) is 0. The molecule has 0 aliphatic carbocycles. The second-order valence-corrected chi connectivity index (χ2v) is 5.11. The van der Waals surface area contributed by atoms with E-state index in [0.717, 1.165) is 11.8 Å². The molecule has 2 rings (SSSR count). The van der Waals surface area contributed by atoms with E-state index in [0.29, 0.717) is 17.1 Å². The first-order valence-electron chi connectivity index (χ1n) is 5.25. The van der Waals surface area contributed by atoms with Gasteiger partial charge in [0.05, 0.1) is 0 Å². The highest BCUT2D eigenvalue weighted by atomic mass is 32.2. The molecule has 0 bridgehead atoms. The fourth-order valence-corrected chi connectivity index (χ4v) is 2.54. The molecule has 96 valence electrons. The molecule has 1 aromatic rings. The first-order valence-corrected chi connectivity index (χ1v) is 6.13. The van der Waals surface area contributed by atoms with Crippen LogP contribution >= 0.6 is 11.8 Å². The molecule has 0 radical (unpaired) electrons. The van der Waals surface area contributed by atoms with E-state index in [9.17, 15) is 14.9 Å². The molecule has 0 saturated heterocycles. The summed E-state index contributed by atoms with van der Waals surface area (Å²) in [5, 5.41) is 9.96. The summed E-state index contributed by atoms with van der Waals surface area (Å²) >= 11 is 0.950. The van der Waals surface area contributed by atoms with E-state index in [4.69, 9.17) is 9.47 Å². The molecule has 1 heterocycles. The summed E-state index contributed by atoms with van der Waals surface area (Å²) in [4.78, 5) is 21.3. The Balaban J connectivity index is 2.24. The van der Waals surface area contributed by atoms with Crippen LogP contribution in [-0.4, -0.2) is 23.4 Å². The Morgan fingerprint density at radius 1 is 1.50 bits per heavy atom. The lowest BCUT2D eigenvalue weighted by atomic mass is 10.1. The summed E-state index contributed by atoms with van der Waals surface area (Å²) in [5.74, 6) is 1.18. The fraction of sp³-hybridized carbons (Fsp3) is 0.364. The van der Waals surface area contributed by atoms with E-state index in [1.54, 1.807) is 18.2 Å². The summed E-state index contributed by atoms with van der Waals surface area (Å²) in [7, 11) is 0. The second-order valence-electron chi connectivity index (χ2n) is 3.73. The van der Waals surface area contributed by atoms with Gasteiger partial charge in [0.2, 0.25) is 13.3 Å².